The minimum atomic E-state index is -3.02. The van der Waals surface area contributed by atoms with Crippen molar-refractivity contribution in [2.75, 3.05) is 39.0 Å². The van der Waals surface area contributed by atoms with E-state index in [9.17, 15) is 8.42 Å². The number of benzene rings is 1. The number of nitrogens with zero attached hydrogens (tertiary/aromatic N) is 2. The standard InChI is InChI=1S/C18H28N2O2S/c1-14-8-15(2)10-18(9-14)17-5-6-19(13-17)11-16-4-7-20(12-16)23(3,21)22/h8-10,16-17H,4-7,11-13H2,1-3H3/t16-,17-/m0/s1. The molecule has 0 bridgehead atoms. The van der Waals surface area contributed by atoms with Crippen LogP contribution in [0.4, 0.5) is 0 Å². The van der Waals surface area contributed by atoms with Crippen molar-refractivity contribution in [3.05, 3.63) is 34.9 Å². The molecule has 1 aromatic rings. The van der Waals surface area contributed by atoms with Gasteiger partial charge in [-0.1, -0.05) is 29.3 Å². The molecule has 1 aromatic carbocycles. The lowest BCUT2D eigenvalue weighted by Gasteiger charge is -2.21. The first kappa shape index (κ1) is 16.9. The van der Waals surface area contributed by atoms with Crippen LogP contribution in [-0.2, 0) is 10.0 Å². The monoisotopic (exact) mass is 336 g/mol. The number of sulfonamides is 1. The third kappa shape index (κ3) is 4.14. The molecule has 128 valence electrons. The summed E-state index contributed by atoms with van der Waals surface area (Å²) in [6.07, 6.45) is 3.53. The predicted octanol–water partition coefficient (Wildman–Crippen LogP) is 2.37. The quantitative estimate of drug-likeness (QED) is 0.847. The number of rotatable bonds is 4. The molecule has 2 fully saturated rings. The lowest BCUT2D eigenvalue weighted by molar-refractivity contribution is 0.279. The molecule has 0 aromatic heterocycles. The van der Waals surface area contributed by atoms with E-state index in [4.69, 9.17) is 0 Å². The van der Waals surface area contributed by atoms with Gasteiger partial charge in [-0.15, -0.1) is 0 Å². The zero-order valence-corrected chi connectivity index (χ0v) is 15.3. The SMILES string of the molecule is Cc1cc(C)cc([C@H]2CCN(C[C@@H]3CCN(S(C)(=O)=O)C3)C2)c1. The van der Waals surface area contributed by atoms with E-state index in [1.54, 1.807) is 4.31 Å². The van der Waals surface area contributed by atoms with Crippen molar-refractivity contribution in [2.45, 2.75) is 32.6 Å². The molecule has 2 aliphatic heterocycles. The maximum absolute atomic E-state index is 11.6. The first-order chi connectivity index (χ1) is 10.8. The molecule has 23 heavy (non-hydrogen) atoms. The summed E-state index contributed by atoms with van der Waals surface area (Å²) in [5, 5.41) is 0. The number of hydrogen-bond donors (Lipinski definition) is 0. The van der Waals surface area contributed by atoms with Crippen LogP contribution in [0, 0.1) is 19.8 Å². The largest absolute Gasteiger partial charge is 0.302 e. The van der Waals surface area contributed by atoms with Crippen LogP contribution in [0.2, 0.25) is 0 Å². The first-order valence-corrected chi connectivity index (χ1v) is 10.4. The summed E-state index contributed by atoms with van der Waals surface area (Å²) in [5.74, 6) is 1.11. The van der Waals surface area contributed by atoms with Gasteiger partial charge in [0.2, 0.25) is 10.0 Å². The Bertz CT molecular complexity index is 651. The molecule has 0 saturated carbocycles. The molecule has 0 amide bonds. The van der Waals surface area contributed by atoms with Gasteiger partial charge in [0, 0.05) is 26.2 Å². The van der Waals surface area contributed by atoms with E-state index < -0.39 is 10.0 Å². The normalized spacial score (nSPS) is 26.9. The fourth-order valence-electron chi connectivity index (χ4n) is 4.13. The Kier molecular flexibility index (Phi) is 4.81. The molecule has 3 rings (SSSR count). The number of aryl methyl sites for hydroxylation is 2. The van der Waals surface area contributed by atoms with Gasteiger partial charge < -0.3 is 4.90 Å². The van der Waals surface area contributed by atoms with Gasteiger partial charge in [-0.2, -0.15) is 0 Å². The Hall–Kier alpha value is -0.910. The van der Waals surface area contributed by atoms with Crippen molar-refractivity contribution in [1.29, 1.82) is 0 Å². The van der Waals surface area contributed by atoms with E-state index in [1.807, 2.05) is 0 Å². The lowest BCUT2D eigenvalue weighted by Crippen LogP contribution is -2.31. The number of likely N-dealkylation sites (tertiary alicyclic amines) is 1. The molecule has 0 N–H and O–H groups in total. The molecule has 2 heterocycles. The molecule has 2 saturated heterocycles. The van der Waals surface area contributed by atoms with Crippen LogP contribution in [0.15, 0.2) is 18.2 Å². The summed E-state index contributed by atoms with van der Waals surface area (Å²) in [6, 6.07) is 6.87. The average Bonchev–Trinajstić information content (AvgIpc) is 3.06. The van der Waals surface area contributed by atoms with Gasteiger partial charge in [0.1, 0.15) is 0 Å². The summed E-state index contributed by atoms with van der Waals surface area (Å²) < 4.78 is 24.9. The highest BCUT2D eigenvalue weighted by Gasteiger charge is 2.32. The molecule has 2 atom stereocenters. The van der Waals surface area contributed by atoms with Crippen molar-refractivity contribution in [3.63, 3.8) is 0 Å². The molecule has 4 nitrogen and oxygen atoms in total. The van der Waals surface area contributed by atoms with Gasteiger partial charge in [0.25, 0.3) is 0 Å². The van der Waals surface area contributed by atoms with Gasteiger partial charge >= 0.3 is 0 Å². The summed E-state index contributed by atoms with van der Waals surface area (Å²) >= 11 is 0. The molecule has 0 unspecified atom stereocenters. The molecule has 2 aliphatic rings. The topological polar surface area (TPSA) is 40.6 Å². The van der Waals surface area contributed by atoms with Gasteiger partial charge in [0.05, 0.1) is 6.26 Å². The van der Waals surface area contributed by atoms with E-state index in [2.05, 4.69) is 36.9 Å². The molecule has 0 radical (unpaired) electrons. The Labute approximate surface area is 140 Å². The summed E-state index contributed by atoms with van der Waals surface area (Å²) in [5.41, 5.74) is 4.16. The van der Waals surface area contributed by atoms with Crippen LogP contribution >= 0.6 is 0 Å². The van der Waals surface area contributed by atoms with E-state index in [0.717, 1.165) is 26.1 Å². The van der Waals surface area contributed by atoms with E-state index >= 15 is 0 Å². The van der Waals surface area contributed by atoms with Crippen LogP contribution in [0.3, 0.4) is 0 Å². The molecule has 0 spiro atoms. The number of hydrogen-bond acceptors (Lipinski definition) is 3. The van der Waals surface area contributed by atoms with Gasteiger partial charge in [-0.3, -0.25) is 0 Å². The minimum Gasteiger partial charge on any atom is -0.302 e. The average molecular weight is 337 g/mol. The summed E-state index contributed by atoms with van der Waals surface area (Å²) in [7, 11) is -3.02. The maximum atomic E-state index is 11.6. The highest BCUT2D eigenvalue weighted by Crippen LogP contribution is 2.30. The Balaban J connectivity index is 1.56. The molecule has 0 aliphatic carbocycles. The second-order valence-electron chi connectivity index (χ2n) is 7.44. The van der Waals surface area contributed by atoms with Crippen molar-refractivity contribution in [1.82, 2.24) is 9.21 Å². The van der Waals surface area contributed by atoms with Crippen LogP contribution in [0.1, 0.15) is 35.4 Å². The Morgan fingerprint density at radius 3 is 2.35 bits per heavy atom. The third-order valence-corrected chi connectivity index (χ3v) is 6.49. The molecular weight excluding hydrogens is 308 g/mol. The highest BCUT2D eigenvalue weighted by atomic mass is 32.2. The fourth-order valence-corrected chi connectivity index (χ4v) is 5.05. The van der Waals surface area contributed by atoms with Crippen molar-refractivity contribution in [3.8, 4) is 0 Å². The van der Waals surface area contributed by atoms with Crippen LogP contribution in [-0.4, -0.2) is 56.6 Å². The van der Waals surface area contributed by atoms with Crippen molar-refractivity contribution < 1.29 is 8.42 Å². The van der Waals surface area contributed by atoms with E-state index in [-0.39, 0.29) is 0 Å². The van der Waals surface area contributed by atoms with E-state index in [0.29, 0.717) is 24.9 Å². The summed E-state index contributed by atoms with van der Waals surface area (Å²) in [4.78, 5) is 2.53. The third-order valence-electron chi connectivity index (χ3n) is 5.22. The highest BCUT2D eigenvalue weighted by molar-refractivity contribution is 7.88. The van der Waals surface area contributed by atoms with Crippen LogP contribution in [0.5, 0.6) is 0 Å². The first-order valence-electron chi connectivity index (χ1n) is 8.57. The lowest BCUT2D eigenvalue weighted by atomic mass is 9.95. The molecular formula is C18H28N2O2S. The Morgan fingerprint density at radius 1 is 1.04 bits per heavy atom. The summed E-state index contributed by atoms with van der Waals surface area (Å²) in [6.45, 7) is 9.00. The zero-order chi connectivity index (χ0) is 16.6. The predicted molar refractivity (Wildman–Crippen MR) is 94.2 cm³/mol. The van der Waals surface area contributed by atoms with Crippen LogP contribution < -0.4 is 0 Å². The fraction of sp³-hybridized carbons (Fsp3) is 0.667. The van der Waals surface area contributed by atoms with Crippen LogP contribution in [0.25, 0.3) is 0 Å². The van der Waals surface area contributed by atoms with Gasteiger partial charge in [-0.05, 0) is 50.6 Å². The smallest absolute Gasteiger partial charge is 0.211 e. The van der Waals surface area contributed by atoms with E-state index in [1.165, 1.54) is 29.4 Å². The van der Waals surface area contributed by atoms with Gasteiger partial charge in [-0.25, -0.2) is 12.7 Å². The van der Waals surface area contributed by atoms with Gasteiger partial charge in [0.15, 0.2) is 0 Å². The minimum absolute atomic E-state index is 0.489. The molecule has 5 heteroatoms. The van der Waals surface area contributed by atoms with Crippen molar-refractivity contribution >= 4 is 10.0 Å². The second-order valence-corrected chi connectivity index (χ2v) is 9.42. The zero-order valence-electron chi connectivity index (χ0n) is 14.5. The second kappa shape index (κ2) is 6.54. The maximum Gasteiger partial charge on any atom is 0.211 e. The van der Waals surface area contributed by atoms with Crippen molar-refractivity contribution in [2.24, 2.45) is 5.92 Å². The Morgan fingerprint density at radius 2 is 1.74 bits per heavy atom.